The average Bonchev–Trinajstić information content (AvgIpc) is 3.19. The second-order valence-corrected chi connectivity index (χ2v) is 12.7. The molecule has 0 aliphatic rings. The maximum Gasteiger partial charge on any atom is 0.142 e. The molecule has 0 spiro atoms. The minimum absolute atomic E-state index is 0.648. The molecule has 0 unspecified atom stereocenters. The van der Waals surface area contributed by atoms with E-state index < -0.39 is 0 Å². The van der Waals surface area contributed by atoms with Gasteiger partial charge in [-0.15, -0.1) is 0 Å². The molecule has 0 atom stereocenters. The number of benzene rings is 5. The maximum absolute atomic E-state index is 5.90. The summed E-state index contributed by atoms with van der Waals surface area (Å²) in [4.78, 5) is 0. The van der Waals surface area contributed by atoms with Crippen LogP contribution in [0.15, 0.2) is 121 Å². The molecule has 0 fully saturated rings. The second-order valence-electron chi connectivity index (χ2n) is 12.7. The first kappa shape index (κ1) is 45.5. The van der Waals surface area contributed by atoms with Crippen molar-refractivity contribution in [2.24, 2.45) is 0 Å². The van der Waals surface area contributed by atoms with Crippen LogP contribution >= 0.6 is 0 Å². The highest BCUT2D eigenvalue weighted by atomic mass is 16.5. The van der Waals surface area contributed by atoms with E-state index in [-0.39, 0.29) is 0 Å². The maximum atomic E-state index is 5.90. The van der Waals surface area contributed by atoms with Crippen LogP contribution in [-0.4, -0.2) is 26.4 Å². The number of ether oxygens (including phenoxy) is 4. The number of nitrogens with two attached hydrogens (primary N) is 4. The summed E-state index contributed by atoms with van der Waals surface area (Å²) in [5.74, 6) is 3.23. The largest absolute Gasteiger partial charge is 0.494 e. The van der Waals surface area contributed by atoms with Crippen molar-refractivity contribution in [3.05, 3.63) is 121 Å². The van der Waals surface area contributed by atoms with Gasteiger partial charge >= 0.3 is 0 Å². The molecular weight excluding hydrogens is 687 g/mol. The third-order valence-corrected chi connectivity index (χ3v) is 7.78. The monoisotopic (exact) mass is 752 g/mol. The van der Waals surface area contributed by atoms with Crippen molar-refractivity contribution < 1.29 is 18.9 Å². The molecule has 9 heteroatoms. The molecule has 0 saturated heterocycles. The van der Waals surface area contributed by atoms with E-state index in [0.29, 0.717) is 11.4 Å². The first-order valence-corrected chi connectivity index (χ1v) is 19.6. The predicted molar refractivity (Wildman–Crippen MR) is 235 cm³/mol. The lowest BCUT2D eigenvalue weighted by molar-refractivity contribution is 0.302. The molecule has 0 bridgehead atoms. The fourth-order valence-corrected chi connectivity index (χ4v) is 4.54. The summed E-state index contributed by atoms with van der Waals surface area (Å²) in [6.07, 6.45) is 8.84. The highest BCUT2D eigenvalue weighted by Crippen LogP contribution is 2.27. The molecular formula is C46H65N5O4. The first-order valence-electron chi connectivity index (χ1n) is 19.6. The minimum atomic E-state index is 0.648. The van der Waals surface area contributed by atoms with Gasteiger partial charge in [0.05, 0.1) is 37.8 Å². The number of nitrogens with one attached hydrogen (secondary N) is 1. The van der Waals surface area contributed by atoms with E-state index in [9.17, 15) is 0 Å². The summed E-state index contributed by atoms with van der Waals surface area (Å²) in [5.41, 5.74) is 27.8. The Morgan fingerprint density at radius 1 is 0.400 bits per heavy atom. The highest BCUT2D eigenvalue weighted by Gasteiger charge is 2.03. The van der Waals surface area contributed by atoms with E-state index in [4.69, 9.17) is 41.9 Å². The van der Waals surface area contributed by atoms with Crippen LogP contribution in [-0.2, 0) is 0 Å². The standard InChI is InChI=1S/C14H23NO2.C12H12N2.2C10H15NO/c1-3-5-9-16-12-7-8-14(13(15)11-12)17-10-6-4-2;13-10-6-8-12(9-7-10)14-11-4-2-1-3-5-11;1-2-3-8-12-10-7-5-4-6-9(10)11;1-2-3-7-12-10-6-4-5-9(11)8-10/h7-8,11H,3-6,9-10,15H2,1-2H3;1-9,14H,13H2;4-7H,2-3,8,11H2,1H3;4-6,8H,2-3,7,11H2,1H3. The Labute approximate surface area is 330 Å². The van der Waals surface area contributed by atoms with Crippen LogP contribution in [0.25, 0.3) is 0 Å². The number of unbranched alkanes of at least 4 members (excludes halogenated alkanes) is 4. The van der Waals surface area contributed by atoms with Crippen LogP contribution in [0.1, 0.15) is 79.1 Å². The lowest BCUT2D eigenvalue weighted by Gasteiger charge is -2.10. The molecule has 5 rings (SSSR count). The van der Waals surface area contributed by atoms with Gasteiger partial charge in [0.15, 0.2) is 0 Å². The summed E-state index contributed by atoms with van der Waals surface area (Å²) in [7, 11) is 0. The Bertz CT molecular complexity index is 1690. The summed E-state index contributed by atoms with van der Waals surface area (Å²) in [5, 5.41) is 3.28. The molecule has 0 amide bonds. The Morgan fingerprint density at radius 3 is 1.42 bits per heavy atom. The molecule has 298 valence electrons. The Kier molecular flexibility index (Phi) is 23.8. The van der Waals surface area contributed by atoms with E-state index in [1.165, 1.54) is 0 Å². The van der Waals surface area contributed by atoms with Crippen LogP contribution in [0.4, 0.5) is 34.1 Å². The fourth-order valence-electron chi connectivity index (χ4n) is 4.54. The van der Waals surface area contributed by atoms with Gasteiger partial charge in [-0.3, -0.25) is 0 Å². The van der Waals surface area contributed by atoms with Crippen LogP contribution in [0.5, 0.6) is 23.0 Å². The Hall–Kier alpha value is -5.70. The second kappa shape index (κ2) is 28.8. The van der Waals surface area contributed by atoms with Gasteiger partial charge < -0.3 is 47.2 Å². The summed E-state index contributed by atoms with van der Waals surface area (Å²) >= 11 is 0. The van der Waals surface area contributed by atoms with Gasteiger partial charge in [0, 0.05) is 34.9 Å². The van der Waals surface area contributed by atoms with E-state index in [1.807, 2.05) is 121 Å². The zero-order valence-electron chi connectivity index (χ0n) is 33.5. The molecule has 0 heterocycles. The van der Waals surface area contributed by atoms with Gasteiger partial charge in [0.2, 0.25) is 0 Å². The third-order valence-electron chi connectivity index (χ3n) is 7.78. The molecule has 5 aromatic rings. The van der Waals surface area contributed by atoms with E-state index in [1.54, 1.807) is 0 Å². The first-order chi connectivity index (χ1) is 26.8. The van der Waals surface area contributed by atoms with Gasteiger partial charge in [0.25, 0.3) is 0 Å². The van der Waals surface area contributed by atoms with Crippen LogP contribution in [0.2, 0.25) is 0 Å². The van der Waals surface area contributed by atoms with Crippen molar-refractivity contribution in [2.75, 3.05) is 54.7 Å². The van der Waals surface area contributed by atoms with Crippen LogP contribution in [0, 0.1) is 0 Å². The number of hydrogen-bond donors (Lipinski definition) is 5. The van der Waals surface area contributed by atoms with Gasteiger partial charge in [-0.25, -0.2) is 0 Å². The number of anilines is 6. The number of hydrogen-bond acceptors (Lipinski definition) is 9. The third kappa shape index (κ3) is 21.0. The molecule has 5 aromatic carbocycles. The molecule has 55 heavy (non-hydrogen) atoms. The summed E-state index contributed by atoms with van der Waals surface area (Å²) in [6.45, 7) is 11.5. The number of nitrogen functional groups attached to an aromatic ring is 4. The lowest BCUT2D eigenvalue weighted by atomic mass is 10.2. The highest BCUT2D eigenvalue weighted by molar-refractivity contribution is 5.61. The van der Waals surface area contributed by atoms with Crippen molar-refractivity contribution in [3.63, 3.8) is 0 Å². The normalized spacial score (nSPS) is 9.89. The van der Waals surface area contributed by atoms with Gasteiger partial charge in [-0.05, 0) is 98.5 Å². The Morgan fingerprint density at radius 2 is 0.891 bits per heavy atom. The SMILES string of the molecule is CCCCOc1ccc(OCCCC)c(N)c1.CCCCOc1cccc(N)c1.CCCCOc1ccccc1N.Nc1ccc(Nc2ccccc2)cc1. The van der Waals surface area contributed by atoms with Crippen molar-refractivity contribution in [1.82, 2.24) is 0 Å². The minimum Gasteiger partial charge on any atom is -0.494 e. The molecule has 0 saturated carbocycles. The number of para-hydroxylation sites is 3. The number of rotatable bonds is 18. The Balaban J connectivity index is 0.000000256. The van der Waals surface area contributed by atoms with E-state index >= 15 is 0 Å². The molecule has 9 N–H and O–H groups in total. The van der Waals surface area contributed by atoms with Gasteiger partial charge in [-0.2, -0.15) is 0 Å². The smallest absolute Gasteiger partial charge is 0.142 e. The summed E-state index contributed by atoms with van der Waals surface area (Å²) < 4.78 is 22.0. The van der Waals surface area contributed by atoms with Gasteiger partial charge in [-0.1, -0.05) is 89.8 Å². The molecule has 0 radical (unpaired) electrons. The zero-order chi connectivity index (χ0) is 39.9. The van der Waals surface area contributed by atoms with E-state index in [2.05, 4.69) is 33.0 Å². The van der Waals surface area contributed by atoms with Crippen molar-refractivity contribution >= 4 is 34.1 Å². The van der Waals surface area contributed by atoms with Crippen molar-refractivity contribution in [1.29, 1.82) is 0 Å². The van der Waals surface area contributed by atoms with Gasteiger partial charge in [0.1, 0.15) is 23.0 Å². The molecule has 9 nitrogen and oxygen atoms in total. The fraction of sp³-hybridized carbons (Fsp3) is 0.348. The van der Waals surface area contributed by atoms with Crippen molar-refractivity contribution in [3.8, 4) is 23.0 Å². The molecule has 0 aliphatic heterocycles. The quantitative estimate of drug-likeness (QED) is 0.0435. The average molecular weight is 752 g/mol. The summed E-state index contributed by atoms with van der Waals surface area (Å²) in [6, 6.07) is 38.4. The zero-order valence-corrected chi connectivity index (χ0v) is 33.5. The molecule has 0 aliphatic carbocycles. The predicted octanol–water partition coefficient (Wildman–Crippen LogP) is 11.5. The molecule has 0 aromatic heterocycles. The topological polar surface area (TPSA) is 153 Å². The van der Waals surface area contributed by atoms with Crippen LogP contribution in [0.3, 0.4) is 0 Å². The van der Waals surface area contributed by atoms with Crippen LogP contribution < -0.4 is 47.2 Å². The van der Waals surface area contributed by atoms with Crippen molar-refractivity contribution in [2.45, 2.75) is 79.1 Å². The van der Waals surface area contributed by atoms with E-state index in [0.717, 1.165) is 124 Å². The lowest BCUT2D eigenvalue weighted by Crippen LogP contribution is -2.01.